The van der Waals surface area contributed by atoms with E-state index < -0.39 is 10.8 Å². The van der Waals surface area contributed by atoms with Crippen molar-refractivity contribution in [1.29, 1.82) is 0 Å². The summed E-state index contributed by atoms with van der Waals surface area (Å²) in [7, 11) is 0. The van der Waals surface area contributed by atoms with Crippen molar-refractivity contribution in [3.8, 4) is 11.4 Å². The number of carbonyl (C=O) groups is 1. The van der Waals surface area contributed by atoms with E-state index in [1.54, 1.807) is 18.2 Å². The molecule has 4 rings (SSSR count). The van der Waals surface area contributed by atoms with Crippen molar-refractivity contribution in [3.05, 3.63) is 82.4 Å². The molecule has 0 aliphatic carbocycles. The van der Waals surface area contributed by atoms with Gasteiger partial charge in [-0.15, -0.1) is 0 Å². The minimum atomic E-state index is -0.617. The molecule has 0 aliphatic rings. The Bertz CT molecular complexity index is 1180. The van der Waals surface area contributed by atoms with Crippen LogP contribution >= 0.6 is 0 Å². The molecule has 0 atom stereocenters. The highest BCUT2D eigenvalue weighted by Crippen LogP contribution is 2.25. The second kappa shape index (κ2) is 6.84. The lowest BCUT2D eigenvalue weighted by atomic mass is 10.1. The standard InChI is InChI=1S/C20H15N5O3/c21-15-9-8-13(11-18(15)25(27)28)20(26)22-14-5-3-4-12(10-14)19-23-16-6-1-2-7-17(16)24-19/h1-11H,21H2,(H,22,26)(H,23,24). The van der Waals surface area contributed by atoms with Gasteiger partial charge >= 0.3 is 0 Å². The van der Waals surface area contributed by atoms with Crippen molar-refractivity contribution < 1.29 is 9.72 Å². The van der Waals surface area contributed by atoms with Crippen LogP contribution in [0.5, 0.6) is 0 Å². The quantitative estimate of drug-likeness (QED) is 0.283. The topological polar surface area (TPSA) is 127 Å². The van der Waals surface area contributed by atoms with Gasteiger partial charge in [0, 0.05) is 22.9 Å². The number of fused-ring (bicyclic) bond motifs is 1. The van der Waals surface area contributed by atoms with E-state index in [1.807, 2.05) is 30.3 Å². The summed E-state index contributed by atoms with van der Waals surface area (Å²) in [5, 5.41) is 13.8. The Morgan fingerprint density at radius 1 is 1.07 bits per heavy atom. The summed E-state index contributed by atoms with van der Waals surface area (Å²) in [6.07, 6.45) is 0. The summed E-state index contributed by atoms with van der Waals surface area (Å²) < 4.78 is 0. The van der Waals surface area contributed by atoms with Crippen molar-refractivity contribution in [3.63, 3.8) is 0 Å². The van der Waals surface area contributed by atoms with Crippen molar-refractivity contribution in [2.45, 2.75) is 0 Å². The average molecular weight is 373 g/mol. The van der Waals surface area contributed by atoms with Crippen LogP contribution in [0, 0.1) is 10.1 Å². The van der Waals surface area contributed by atoms with Crippen LogP contribution in [-0.4, -0.2) is 20.8 Å². The number of nitro groups is 1. The molecule has 8 heteroatoms. The number of nitrogens with two attached hydrogens (primary N) is 1. The first-order chi connectivity index (χ1) is 13.5. The van der Waals surface area contributed by atoms with Crippen LogP contribution in [-0.2, 0) is 0 Å². The number of rotatable bonds is 4. The van der Waals surface area contributed by atoms with Crippen LogP contribution in [0.3, 0.4) is 0 Å². The van der Waals surface area contributed by atoms with Gasteiger partial charge in [-0.3, -0.25) is 14.9 Å². The summed E-state index contributed by atoms with van der Waals surface area (Å²) >= 11 is 0. The fourth-order valence-corrected chi connectivity index (χ4v) is 2.88. The third-order valence-electron chi connectivity index (χ3n) is 4.27. The monoisotopic (exact) mass is 373 g/mol. The highest BCUT2D eigenvalue weighted by Gasteiger charge is 2.16. The van der Waals surface area contributed by atoms with E-state index in [0.29, 0.717) is 11.5 Å². The second-order valence-corrected chi connectivity index (χ2v) is 6.17. The highest BCUT2D eigenvalue weighted by molar-refractivity contribution is 6.05. The maximum Gasteiger partial charge on any atom is 0.292 e. The van der Waals surface area contributed by atoms with Crippen molar-refractivity contribution >= 4 is 34.0 Å². The van der Waals surface area contributed by atoms with Gasteiger partial charge in [-0.25, -0.2) is 4.98 Å². The normalized spacial score (nSPS) is 10.7. The summed E-state index contributed by atoms with van der Waals surface area (Å²) in [5.41, 5.74) is 8.54. The first-order valence-corrected chi connectivity index (χ1v) is 8.42. The Morgan fingerprint density at radius 3 is 2.68 bits per heavy atom. The molecular formula is C20H15N5O3. The van der Waals surface area contributed by atoms with Gasteiger partial charge in [-0.2, -0.15) is 0 Å². The van der Waals surface area contributed by atoms with E-state index in [-0.39, 0.29) is 16.9 Å². The maximum absolute atomic E-state index is 12.5. The summed E-state index contributed by atoms with van der Waals surface area (Å²) in [4.78, 5) is 30.7. The fraction of sp³-hybridized carbons (Fsp3) is 0. The van der Waals surface area contributed by atoms with Crippen LogP contribution in [0.1, 0.15) is 10.4 Å². The van der Waals surface area contributed by atoms with Gasteiger partial charge in [0.15, 0.2) is 0 Å². The van der Waals surface area contributed by atoms with Gasteiger partial charge in [0.2, 0.25) is 0 Å². The molecule has 0 spiro atoms. The molecule has 4 N–H and O–H groups in total. The van der Waals surface area contributed by atoms with E-state index in [0.717, 1.165) is 22.7 Å². The number of nitrogens with zero attached hydrogens (tertiary/aromatic N) is 2. The van der Waals surface area contributed by atoms with Crippen molar-refractivity contribution in [2.24, 2.45) is 0 Å². The molecule has 28 heavy (non-hydrogen) atoms. The Labute approximate surface area is 159 Å². The Hall–Kier alpha value is -4.20. The molecule has 138 valence electrons. The first-order valence-electron chi connectivity index (χ1n) is 8.42. The van der Waals surface area contributed by atoms with E-state index in [9.17, 15) is 14.9 Å². The lowest BCUT2D eigenvalue weighted by Crippen LogP contribution is -2.12. The van der Waals surface area contributed by atoms with Crippen LogP contribution in [0.25, 0.3) is 22.4 Å². The SMILES string of the molecule is Nc1ccc(C(=O)Nc2cccc(-c3nc4ccccc4[nH]3)c2)cc1[N+](=O)[O-]. The van der Waals surface area contributed by atoms with Gasteiger partial charge in [0.05, 0.1) is 16.0 Å². The number of benzene rings is 3. The van der Waals surface area contributed by atoms with Gasteiger partial charge in [0.25, 0.3) is 11.6 Å². The third kappa shape index (κ3) is 3.26. The zero-order valence-electron chi connectivity index (χ0n) is 14.5. The lowest BCUT2D eigenvalue weighted by molar-refractivity contribution is -0.383. The smallest absolute Gasteiger partial charge is 0.292 e. The highest BCUT2D eigenvalue weighted by atomic mass is 16.6. The second-order valence-electron chi connectivity index (χ2n) is 6.17. The van der Waals surface area contributed by atoms with E-state index >= 15 is 0 Å². The third-order valence-corrected chi connectivity index (χ3v) is 4.27. The zero-order valence-corrected chi connectivity index (χ0v) is 14.5. The van der Waals surface area contributed by atoms with Crippen molar-refractivity contribution in [1.82, 2.24) is 9.97 Å². The molecule has 1 amide bonds. The average Bonchev–Trinajstić information content (AvgIpc) is 3.12. The molecule has 0 saturated heterocycles. The number of nitrogen functional groups attached to an aromatic ring is 1. The Kier molecular flexibility index (Phi) is 4.21. The molecule has 4 aromatic rings. The predicted molar refractivity (Wildman–Crippen MR) is 107 cm³/mol. The van der Waals surface area contributed by atoms with E-state index in [4.69, 9.17) is 5.73 Å². The summed E-state index contributed by atoms with van der Waals surface area (Å²) in [6.45, 7) is 0. The molecule has 1 heterocycles. The molecule has 1 aromatic heterocycles. The predicted octanol–water partition coefficient (Wildman–Crippen LogP) is 3.97. The molecule has 0 radical (unpaired) electrons. The largest absolute Gasteiger partial charge is 0.393 e. The number of imidazole rings is 1. The van der Waals surface area contributed by atoms with Gasteiger partial charge < -0.3 is 16.0 Å². The number of hydrogen-bond acceptors (Lipinski definition) is 5. The van der Waals surface area contributed by atoms with Crippen LogP contribution < -0.4 is 11.1 Å². The first kappa shape index (κ1) is 17.2. The summed E-state index contributed by atoms with van der Waals surface area (Å²) in [5.74, 6) is 0.213. The maximum atomic E-state index is 12.5. The van der Waals surface area contributed by atoms with Gasteiger partial charge in [-0.05, 0) is 36.4 Å². The van der Waals surface area contributed by atoms with Crippen LogP contribution in [0.4, 0.5) is 17.1 Å². The van der Waals surface area contributed by atoms with Crippen molar-refractivity contribution in [2.75, 3.05) is 11.1 Å². The van der Waals surface area contributed by atoms with E-state index in [2.05, 4.69) is 15.3 Å². The molecule has 0 fully saturated rings. The number of nitrogens with one attached hydrogen (secondary N) is 2. The molecule has 0 aliphatic heterocycles. The molecule has 0 saturated carbocycles. The number of H-pyrrole nitrogens is 1. The number of para-hydroxylation sites is 2. The molecule has 3 aromatic carbocycles. The Morgan fingerprint density at radius 2 is 1.89 bits per heavy atom. The van der Waals surface area contributed by atoms with E-state index in [1.165, 1.54) is 12.1 Å². The Balaban J connectivity index is 1.60. The molecule has 0 unspecified atom stereocenters. The number of aromatic nitrogens is 2. The number of carbonyl (C=O) groups excluding carboxylic acids is 1. The molecule has 0 bridgehead atoms. The summed E-state index contributed by atoms with van der Waals surface area (Å²) in [6, 6.07) is 18.8. The molecule has 8 nitrogen and oxygen atoms in total. The minimum absolute atomic E-state index is 0.00781. The molecular weight excluding hydrogens is 358 g/mol. The van der Waals surface area contributed by atoms with Gasteiger partial charge in [0.1, 0.15) is 11.5 Å². The number of aromatic amines is 1. The van der Waals surface area contributed by atoms with Crippen LogP contribution in [0.15, 0.2) is 66.7 Å². The van der Waals surface area contributed by atoms with Crippen LogP contribution in [0.2, 0.25) is 0 Å². The number of nitro benzene ring substituents is 1. The lowest BCUT2D eigenvalue weighted by Gasteiger charge is -2.07. The number of amides is 1. The zero-order chi connectivity index (χ0) is 19.7. The number of anilines is 2. The number of hydrogen-bond donors (Lipinski definition) is 3. The minimum Gasteiger partial charge on any atom is -0.393 e. The fourth-order valence-electron chi connectivity index (χ4n) is 2.88. The van der Waals surface area contributed by atoms with Gasteiger partial charge in [-0.1, -0.05) is 24.3 Å².